The van der Waals surface area contributed by atoms with Gasteiger partial charge in [0.25, 0.3) is 0 Å². The summed E-state index contributed by atoms with van der Waals surface area (Å²) in [5.74, 6) is 0.885. The number of halogens is 1. The Morgan fingerprint density at radius 1 is 1.03 bits per heavy atom. The minimum atomic E-state index is 0.00103. The molecular weight excluding hydrogens is 420 g/mol. The van der Waals surface area contributed by atoms with E-state index in [1.165, 1.54) is 22.1 Å². The molecule has 0 aliphatic rings. The number of amides is 1. The first kappa shape index (κ1) is 20.0. The first-order valence-electron chi connectivity index (χ1n) is 9.30. The monoisotopic (exact) mass is 438 g/mol. The van der Waals surface area contributed by atoms with Gasteiger partial charge in [-0.1, -0.05) is 48.0 Å². The first-order valence-corrected chi connectivity index (χ1v) is 11.5. The van der Waals surface area contributed by atoms with E-state index >= 15 is 0 Å². The van der Waals surface area contributed by atoms with Gasteiger partial charge in [0.2, 0.25) is 5.91 Å². The van der Waals surface area contributed by atoms with E-state index in [4.69, 9.17) is 11.6 Å². The fourth-order valence-corrected chi connectivity index (χ4v) is 4.66. The van der Waals surface area contributed by atoms with Crippen LogP contribution >= 0.6 is 34.7 Å². The number of anilines is 1. The quantitative estimate of drug-likeness (QED) is 0.246. The minimum absolute atomic E-state index is 0.00103. The lowest BCUT2D eigenvalue weighted by Gasteiger charge is -2.03. The van der Waals surface area contributed by atoms with E-state index < -0.39 is 0 Å². The molecule has 3 nitrogen and oxygen atoms in total. The van der Waals surface area contributed by atoms with Gasteiger partial charge in [0, 0.05) is 27.3 Å². The molecule has 4 aromatic rings. The number of benzene rings is 3. The summed E-state index contributed by atoms with van der Waals surface area (Å²) in [6.07, 6.45) is 1.29. The third-order valence-corrected chi connectivity index (χ3v) is 6.53. The van der Waals surface area contributed by atoms with Crippen molar-refractivity contribution in [3.8, 4) is 11.3 Å². The van der Waals surface area contributed by atoms with Crippen LogP contribution in [0.4, 0.5) is 5.13 Å². The number of carbonyl (C=O) groups is 1. The number of nitrogens with zero attached hydrogens (tertiary/aromatic N) is 1. The lowest BCUT2D eigenvalue weighted by Crippen LogP contribution is -2.11. The van der Waals surface area contributed by atoms with E-state index in [0.29, 0.717) is 11.6 Å². The number of nitrogens with one attached hydrogen (secondary N) is 1. The number of rotatable bonds is 7. The third-order valence-electron chi connectivity index (χ3n) is 4.43. The Morgan fingerprint density at radius 3 is 2.66 bits per heavy atom. The van der Waals surface area contributed by atoms with Gasteiger partial charge in [-0.25, -0.2) is 4.98 Å². The van der Waals surface area contributed by atoms with Crippen LogP contribution in [-0.4, -0.2) is 16.6 Å². The Bertz CT molecular complexity index is 1130. The summed E-state index contributed by atoms with van der Waals surface area (Å²) < 4.78 is 0. The predicted octanol–water partition coefficient (Wildman–Crippen LogP) is 7.13. The van der Waals surface area contributed by atoms with Crippen LogP contribution in [0, 0.1) is 0 Å². The minimum Gasteiger partial charge on any atom is -0.302 e. The molecule has 0 bridgehead atoms. The van der Waals surface area contributed by atoms with Crippen molar-refractivity contribution in [3.63, 3.8) is 0 Å². The summed E-state index contributed by atoms with van der Waals surface area (Å²) in [4.78, 5) is 18.0. The highest BCUT2D eigenvalue weighted by molar-refractivity contribution is 7.99. The number of hydrogen-bond donors (Lipinski definition) is 1. The molecule has 0 unspecified atom stereocenters. The molecule has 3 aromatic carbocycles. The lowest BCUT2D eigenvalue weighted by molar-refractivity contribution is -0.116. The van der Waals surface area contributed by atoms with Gasteiger partial charge >= 0.3 is 0 Å². The highest BCUT2D eigenvalue weighted by Gasteiger charge is 2.09. The number of thiazole rings is 1. The van der Waals surface area contributed by atoms with E-state index in [9.17, 15) is 4.79 Å². The van der Waals surface area contributed by atoms with Crippen molar-refractivity contribution in [1.82, 2.24) is 4.98 Å². The average Bonchev–Trinajstić information content (AvgIpc) is 3.20. The topological polar surface area (TPSA) is 42.0 Å². The summed E-state index contributed by atoms with van der Waals surface area (Å²) in [5.41, 5.74) is 1.94. The smallest absolute Gasteiger partial charge is 0.226 e. The molecule has 0 aliphatic carbocycles. The highest BCUT2D eigenvalue weighted by Crippen LogP contribution is 2.28. The second-order valence-electron chi connectivity index (χ2n) is 6.55. The molecule has 29 heavy (non-hydrogen) atoms. The Labute approximate surface area is 183 Å². The molecule has 0 fully saturated rings. The standard InChI is InChI=1S/C23H19ClN2OS2/c24-19-9-11-20(12-10-19)28-13-3-6-22(27)26-23-25-21(15-29-23)18-8-7-16-4-1-2-5-17(16)14-18/h1-2,4-5,7-12,14-15H,3,6,13H2,(H,25,26,27). The zero-order valence-electron chi connectivity index (χ0n) is 15.6. The fraction of sp³-hybridized carbons (Fsp3) is 0.130. The summed E-state index contributed by atoms with van der Waals surface area (Å²) in [6, 6.07) is 22.3. The molecule has 0 saturated carbocycles. The predicted molar refractivity (Wildman–Crippen MR) is 125 cm³/mol. The summed E-state index contributed by atoms with van der Waals surface area (Å²) in [5, 5.41) is 8.67. The molecule has 4 rings (SSSR count). The number of aromatic nitrogens is 1. The van der Waals surface area contributed by atoms with E-state index in [-0.39, 0.29) is 5.91 Å². The van der Waals surface area contributed by atoms with Gasteiger partial charge in [-0.05, 0) is 53.3 Å². The Morgan fingerprint density at radius 2 is 1.83 bits per heavy atom. The van der Waals surface area contributed by atoms with Crippen LogP contribution in [0.2, 0.25) is 5.02 Å². The molecule has 0 spiro atoms. The Kier molecular flexibility index (Phi) is 6.49. The summed E-state index contributed by atoms with van der Waals surface area (Å²) in [7, 11) is 0. The zero-order chi connectivity index (χ0) is 20.1. The number of carbonyl (C=O) groups excluding carboxylic acids is 1. The van der Waals surface area contributed by atoms with Crippen molar-refractivity contribution in [2.75, 3.05) is 11.1 Å². The SMILES string of the molecule is O=C(CCCSc1ccc(Cl)cc1)Nc1nc(-c2ccc3ccccc3c2)cs1. The van der Waals surface area contributed by atoms with E-state index in [0.717, 1.165) is 33.3 Å². The van der Waals surface area contributed by atoms with E-state index in [2.05, 4.69) is 40.6 Å². The molecule has 0 saturated heterocycles. The molecule has 0 atom stereocenters. The molecule has 1 amide bonds. The van der Waals surface area contributed by atoms with Crippen LogP contribution in [0.15, 0.2) is 77.0 Å². The van der Waals surface area contributed by atoms with Crippen LogP contribution in [0.25, 0.3) is 22.0 Å². The maximum atomic E-state index is 12.2. The second kappa shape index (κ2) is 9.44. The normalized spacial score (nSPS) is 10.9. The van der Waals surface area contributed by atoms with E-state index in [1.807, 2.05) is 41.8 Å². The maximum absolute atomic E-state index is 12.2. The number of fused-ring (bicyclic) bond motifs is 1. The van der Waals surface area contributed by atoms with Gasteiger partial charge in [-0.2, -0.15) is 0 Å². The van der Waals surface area contributed by atoms with Crippen LogP contribution in [0.5, 0.6) is 0 Å². The fourth-order valence-electron chi connectivity index (χ4n) is 2.95. The molecule has 6 heteroatoms. The van der Waals surface area contributed by atoms with Crippen molar-refractivity contribution >= 4 is 56.5 Å². The Hall–Kier alpha value is -2.34. The Balaban J connectivity index is 1.29. The van der Waals surface area contributed by atoms with Gasteiger partial charge in [0.1, 0.15) is 0 Å². The van der Waals surface area contributed by atoms with Crippen LogP contribution in [0.3, 0.4) is 0 Å². The number of thioether (sulfide) groups is 1. The molecular formula is C23H19ClN2OS2. The molecule has 0 aliphatic heterocycles. The second-order valence-corrected chi connectivity index (χ2v) is 9.02. The van der Waals surface area contributed by atoms with Gasteiger partial charge < -0.3 is 5.32 Å². The van der Waals surface area contributed by atoms with Crippen LogP contribution in [-0.2, 0) is 4.79 Å². The first-order chi connectivity index (χ1) is 14.2. The van der Waals surface area contributed by atoms with Gasteiger partial charge in [0.05, 0.1) is 5.69 Å². The van der Waals surface area contributed by atoms with Gasteiger partial charge in [-0.15, -0.1) is 23.1 Å². The van der Waals surface area contributed by atoms with Crippen LogP contribution in [0.1, 0.15) is 12.8 Å². The van der Waals surface area contributed by atoms with Crippen molar-refractivity contribution in [3.05, 3.63) is 77.1 Å². The average molecular weight is 439 g/mol. The zero-order valence-corrected chi connectivity index (χ0v) is 18.0. The summed E-state index contributed by atoms with van der Waals surface area (Å²) >= 11 is 9.07. The largest absolute Gasteiger partial charge is 0.302 e. The highest BCUT2D eigenvalue weighted by atomic mass is 35.5. The van der Waals surface area contributed by atoms with Gasteiger partial charge in [-0.3, -0.25) is 4.79 Å². The molecule has 1 N–H and O–H groups in total. The third kappa shape index (κ3) is 5.38. The van der Waals surface area contributed by atoms with Gasteiger partial charge in [0.15, 0.2) is 5.13 Å². The van der Waals surface area contributed by atoms with Crippen molar-refractivity contribution in [1.29, 1.82) is 0 Å². The van der Waals surface area contributed by atoms with Crippen molar-refractivity contribution < 1.29 is 4.79 Å². The van der Waals surface area contributed by atoms with Crippen LogP contribution < -0.4 is 5.32 Å². The summed E-state index contributed by atoms with van der Waals surface area (Å²) in [6.45, 7) is 0. The number of hydrogen-bond acceptors (Lipinski definition) is 4. The van der Waals surface area contributed by atoms with Crippen molar-refractivity contribution in [2.24, 2.45) is 0 Å². The lowest BCUT2D eigenvalue weighted by atomic mass is 10.1. The van der Waals surface area contributed by atoms with E-state index in [1.54, 1.807) is 11.8 Å². The maximum Gasteiger partial charge on any atom is 0.226 e. The molecule has 1 heterocycles. The van der Waals surface area contributed by atoms with Crippen molar-refractivity contribution in [2.45, 2.75) is 17.7 Å². The molecule has 0 radical (unpaired) electrons. The molecule has 1 aromatic heterocycles. The molecule has 146 valence electrons.